The summed E-state index contributed by atoms with van der Waals surface area (Å²) in [6.07, 6.45) is 0. The molecule has 0 aliphatic heterocycles. The molecule has 0 heterocycles. The summed E-state index contributed by atoms with van der Waals surface area (Å²) < 4.78 is 0. The fraction of sp³-hybridized carbons (Fsp3) is 0.0500. The van der Waals surface area contributed by atoms with Gasteiger partial charge in [-0.05, 0) is 21.5 Å². The van der Waals surface area contributed by atoms with Gasteiger partial charge in [-0.1, -0.05) is 146 Å². The molecule has 0 atom stereocenters. The van der Waals surface area contributed by atoms with Gasteiger partial charge in [0, 0.05) is 9.52 Å². The zero-order valence-corrected chi connectivity index (χ0v) is 29.7. The van der Waals surface area contributed by atoms with E-state index in [0.29, 0.717) is 0 Å². The summed E-state index contributed by atoms with van der Waals surface area (Å²) in [5, 5.41) is 10.5. The number of fused-ring (bicyclic) bond motifs is 4. The zero-order chi connectivity index (χ0) is 30.7. The number of hydrogen-bond acceptors (Lipinski definition) is 0. The molecule has 8 aromatic rings. The van der Waals surface area contributed by atoms with Gasteiger partial charge in [-0.15, -0.1) is 69.1 Å². The van der Waals surface area contributed by atoms with Gasteiger partial charge in [-0.25, -0.2) is 0 Å². The summed E-state index contributed by atoms with van der Waals surface area (Å²) in [7, 11) is 11.0. The van der Waals surface area contributed by atoms with Crippen molar-refractivity contribution in [1.29, 1.82) is 0 Å². The van der Waals surface area contributed by atoms with E-state index >= 15 is 0 Å². The molecule has 4 heteroatoms. The van der Waals surface area contributed by atoms with Crippen LogP contribution in [0.15, 0.2) is 158 Å². The van der Waals surface area contributed by atoms with Gasteiger partial charge in [-0.2, -0.15) is 0 Å². The molecule has 0 saturated heterocycles. The van der Waals surface area contributed by atoms with E-state index in [1.165, 1.54) is 65.3 Å². The van der Waals surface area contributed by atoms with Crippen LogP contribution in [0.1, 0.15) is 0 Å². The van der Waals surface area contributed by atoms with E-state index in [1.807, 2.05) is 0 Å². The molecule has 0 nitrogen and oxygen atoms in total. The van der Waals surface area contributed by atoms with Crippen molar-refractivity contribution >= 4 is 69.6 Å². The van der Waals surface area contributed by atoms with Crippen LogP contribution in [0.4, 0.5) is 0 Å². The second kappa shape index (κ2) is 16.2. The summed E-state index contributed by atoms with van der Waals surface area (Å²) in [6.45, 7) is 4.31. The van der Waals surface area contributed by atoms with Crippen molar-refractivity contribution in [2.45, 2.75) is 13.1 Å². The van der Waals surface area contributed by atoms with E-state index in [4.69, 9.17) is 17.0 Å². The first-order valence-corrected chi connectivity index (χ1v) is 22.8. The van der Waals surface area contributed by atoms with Crippen LogP contribution in [-0.2, 0) is 20.8 Å². The number of rotatable bonds is 2. The monoisotopic (exact) mass is 700 g/mol. The molecule has 8 aromatic carbocycles. The second-order valence-corrected chi connectivity index (χ2v) is 15.1. The molecule has 2 radical (unpaired) electrons. The summed E-state index contributed by atoms with van der Waals surface area (Å²) >= 11 is -0.826. The largest absolute Gasteiger partial charge is 0.145 e. The fourth-order valence-electron chi connectivity index (χ4n) is 5.57. The first-order chi connectivity index (χ1) is 21.7. The fourth-order valence-corrected chi connectivity index (χ4v) is 5.57. The summed E-state index contributed by atoms with van der Waals surface area (Å²) in [5.74, 6) is 0. The smallest absolute Gasteiger partial charge is 0.0253 e. The minimum absolute atomic E-state index is 0.826. The normalized spacial score (nSPS) is 10.3. The van der Waals surface area contributed by atoms with Gasteiger partial charge in [0.2, 0.25) is 0 Å². The van der Waals surface area contributed by atoms with Crippen LogP contribution in [-0.4, -0.2) is 9.52 Å². The van der Waals surface area contributed by atoms with E-state index < -0.39 is 20.8 Å². The molecule has 0 amide bonds. The average molecular weight is 703 g/mol. The third-order valence-corrected chi connectivity index (χ3v) is 7.44. The van der Waals surface area contributed by atoms with Gasteiger partial charge in [0.25, 0.3) is 0 Å². The minimum Gasteiger partial charge on any atom is -0.145 e. The summed E-state index contributed by atoms with van der Waals surface area (Å²) in [5.41, 5.74) is 5.24. The van der Waals surface area contributed by atoms with Crippen LogP contribution in [0.5, 0.6) is 0 Å². The third kappa shape index (κ3) is 7.68. The Kier molecular flexibility index (Phi) is 11.8. The number of hydrogen-bond donors (Lipinski definition) is 0. The van der Waals surface area contributed by atoms with Gasteiger partial charge in [0.1, 0.15) is 0 Å². The van der Waals surface area contributed by atoms with Crippen LogP contribution in [0.25, 0.3) is 65.3 Å². The molecule has 0 N–H and O–H groups in total. The van der Waals surface area contributed by atoms with Gasteiger partial charge in [-0.3, -0.25) is 0 Å². The van der Waals surface area contributed by atoms with Crippen LogP contribution < -0.4 is 0 Å². The average Bonchev–Trinajstić information content (AvgIpc) is 3.70. The van der Waals surface area contributed by atoms with E-state index in [-0.39, 0.29) is 0 Å². The predicted molar refractivity (Wildman–Crippen MR) is 194 cm³/mol. The van der Waals surface area contributed by atoms with Gasteiger partial charge in [0.05, 0.1) is 0 Å². The van der Waals surface area contributed by atoms with E-state index in [9.17, 15) is 0 Å². The Morgan fingerprint density at radius 1 is 0.455 bits per heavy atom. The molecule has 0 fully saturated rings. The molecule has 0 unspecified atom stereocenters. The van der Waals surface area contributed by atoms with Gasteiger partial charge >= 0.3 is 37.9 Å². The maximum Gasteiger partial charge on any atom is -0.0253 e. The Balaban J connectivity index is 0.000000149. The molecule has 0 spiro atoms. The maximum atomic E-state index is 4.93. The Bertz CT molecular complexity index is 1860. The maximum absolute atomic E-state index is 4.93. The van der Waals surface area contributed by atoms with Gasteiger partial charge in [0.15, 0.2) is 0 Å². The topological polar surface area (TPSA) is 0 Å². The zero-order valence-electron chi connectivity index (χ0n) is 24.8. The first kappa shape index (κ1) is 32.1. The predicted octanol–water partition coefficient (Wildman–Crippen LogP) is 12.9. The Morgan fingerprint density at radius 3 is 1.16 bits per heavy atom. The Hall–Kier alpha value is -3.26. The molecular weight excluding hydrogens is 671 g/mol. The quantitative estimate of drug-likeness (QED) is 0.124. The molecule has 0 aliphatic rings. The third-order valence-electron chi connectivity index (χ3n) is 7.44. The van der Waals surface area contributed by atoms with Crippen molar-refractivity contribution < 1.29 is 20.8 Å². The molecule has 214 valence electrons. The molecule has 0 bridgehead atoms. The number of benzene rings is 6. The van der Waals surface area contributed by atoms with Crippen molar-refractivity contribution in [1.82, 2.24) is 0 Å². The first-order valence-electron chi connectivity index (χ1n) is 14.5. The van der Waals surface area contributed by atoms with Crippen LogP contribution in [0, 0.1) is 0 Å². The molecule has 44 heavy (non-hydrogen) atoms. The SMILES string of the molecule is C[Si]C.[Cl][Zr+2][Cl].c1ccc2[cH-]c(-c3cccc4ccccc34)cc2c1.c1ccc2[cH-]c(-c3cccc4ccccc34)cc2c1. The van der Waals surface area contributed by atoms with E-state index in [2.05, 4.69) is 171 Å². The molecule has 0 aliphatic carbocycles. The summed E-state index contributed by atoms with van der Waals surface area (Å²) in [6, 6.07) is 56.3. The Labute approximate surface area is 281 Å². The van der Waals surface area contributed by atoms with Crippen molar-refractivity contribution in [3.63, 3.8) is 0 Å². The van der Waals surface area contributed by atoms with Crippen molar-refractivity contribution in [2.75, 3.05) is 0 Å². The standard InChI is InChI=1S/2C19H13.C2H6Si.2ClH.Zr/c2*1-2-8-16-13-17(12-15(16)7-1)19-11-5-9-14-6-3-4-10-18(14)19;1-3-2;;;/h2*1-13H;1-2H3;2*1H;/q2*-1;;;;+4/p-2. The van der Waals surface area contributed by atoms with Crippen molar-refractivity contribution in [3.8, 4) is 22.3 Å². The second-order valence-electron chi connectivity index (χ2n) is 10.4. The van der Waals surface area contributed by atoms with Gasteiger partial charge < -0.3 is 0 Å². The van der Waals surface area contributed by atoms with E-state index in [0.717, 1.165) is 9.52 Å². The van der Waals surface area contributed by atoms with Crippen LogP contribution in [0.3, 0.4) is 0 Å². The molecular formula is C40H32Cl2SiZr. The van der Waals surface area contributed by atoms with Crippen molar-refractivity contribution in [3.05, 3.63) is 158 Å². The minimum atomic E-state index is -0.826. The number of halogens is 2. The summed E-state index contributed by atoms with van der Waals surface area (Å²) in [4.78, 5) is 0. The van der Waals surface area contributed by atoms with Crippen LogP contribution >= 0.6 is 17.0 Å². The molecule has 0 aromatic heterocycles. The molecule has 8 rings (SSSR count). The Morgan fingerprint density at radius 2 is 0.773 bits per heavy atom. The van der Waals surface area contributed by atoms with Crippen LogP contribution in [0.2, 0.25) is 13.1 Å². The van der Waals surface area contributed by atoms with Crippen molar-refractivity contribution in [2.24, 2.45) is 0 Å². The molecule has 0 saturated carbocycles. The van der Waals surface area contributed by atoms with E-state index in [1.54, 1.807) is 0 Å².